The molecule has 0 radical (unpaired) electrons. The van der Waals surface area contributed by atoms with Crippen molar-refractivity contribution in [3.63, 3.8) is 0 Å². The molecule has 0 saturated carbocycles. The van der Waals surface area contributed by atoms with Gasteiger partial charge in [-0.3, -0.25) is 9.59 Å². The molecule has 0 aliphatic rings. The van der Waals surface area contributed by atoms with Gasteiger partial charge in [0.15, 0.2) is 0 Å². The number of carboxylic acid groups (broad SMARTS) is 1. The van der Waals surface area contributed by atoms with Gasteiger partial charge >= 0.3 is 5.97 Å². The predicted octanol–water partition coefficient (Wildman–Crippen LogP) is 1.71. The van der Waals surface area contributed by atoms with E-state index >= 15 is 0 Å². The van der Waals surface area contributed by atoms with E-state index in [4.69, 9.17) is 5.11 Å². The molecule has 2 atom stereocenters. The topological polar surface area (TPSA) is 66.4 Å². The predicted molar refractivity (Wildman–Crippen MR) is 63.4 cm³/mol. The number of hydrogen-bond donors (Lipinski definition) is 2. The molecule has 2 N–H and O–H groups in total. The molecule has 1 aromatic rings. The zero-order valence-electron chi connectivity index (χ0n) is 8.68. The van der Waals surface area contributed by atoms with Gasteiger partial charge in [0.2, 0.25) is 5.91 Å². The van der Waals surface area contributed by atoms with Crippen LogP contribution in [0.1, 0.15) is 17.3 Å². The summed E-state index contributed by atoms with van der Waals surface area (Å²) in [6.45, 7) is 1.42. The van der Waals surface area contributed by atoms with Crippen LogP contribution in [0.4, 0.5) is 0 Å². The van der Waals surface area contributed by atoms with E-state index in [2.05, 4.69) is 21.2 Å². The second-order valence-electron chi connectivity index (χ2n) is 3.34. The number of rotatable bonds is 4. The molecule has 5 heteroatoms. The van der Waals surface area contributed by atoms with Gasteiger partial charge in [0.1, 0.15) is 10.9 Å². The lowest BCUT2D eigenvalue weighted by atomic mass is 10.1. The van der Waals surface area contributed by atoms with Crippen molar-refractivity contribution in [3.05, 3.63) is 35.9 Å². The van der Waals surface area contributed by atoms with E-state index in [9.17, 15) is 9.59 Å². The Balaban J connectivity index is 2.65. The highest BCUT2D eigenvalue weighted by molar-refractivity contribution is 9.09. The molecule has 0 aromatic heterocycles. The van der Waals surface area contributed by atoms with Gasteiger partial charge in [-0.1, -0.05) is 46.3 Å². The summed E-state index contributed by atoms with van der Waals surface area (Å²) in [5, 5.41) is 11.0. The summed E-state index contributed by atoms with van der Waals surface area (Å²) in [6.07, 6.45) is 0. The molecule has 4 nitrogen and oxygen atoms in total. The first-order chi connectivity index (χ1) is 7.52. The molecule has 16 heavy (non-hydrogen) atoms. The van der Waals surface area contributed by atoms with Crippen molar-refractivity contribution in [2.24, 2.45) is 0 Å². The molecule has 1 unspecified atom stereocenters. The quantitative estimate of drug-likeness (QED) is 0.828. The average Bonchev–Trinajstić information content (AvgIpc) is 2.28. The van der Waals surface area contributed by atoms with Gasteiger partial charge in [-0.05, 0) is 12.5 Å². The van der Waals surface area contributed by atoms with Crippen LogP contribution < -0.4 is 5.32 Å². The van der Waals surface area contributed by atoms with Gasteiger partial charge in [0, 0.05) is 0 Å². The Morgan fingerprint density at radius 3 is 2.38 bits per heavy atom. The highest BCUT2D eigenvalue weighted by Gasteiger charge is 2.21. The Morgan fingerprint density at radius 1 is 1.31 bits per heavy atom. The lowest BCUT2D eigenvalue weighted by Gasteiger charge is -2.13. The second-order valence-corrected chi connectivity index (χ2v) is 4.26. The molecule has 1 rings (SSSR count). The summed E-state index contributed by atoms with van der Waals surface area (Å²) in [5.74, 6) is -1.41. The Kier molecular flexibility index (Phi) is 4.49. The fourth-order valence-corrected chi connectivity index (χ4v) is 1.56. The summed E-state index contributed by atoms with van der Waals surface area (Å²) >= 11 is 3.22. The molecular formula is C11H12BrNO3. The minimum absolute atomic E-state index is 0.360. The van der Waals surface area contributed by atoms with Crippen LogP contribution >= 0.6 is 15.9 Å². The summed E-state index contributed by atoms with van der Waals surface area (Å²) in [7, 11) is 0. The van der Waals surface area contributed by atoms with Crippen LogP contribution in [0, 0.1) is 0 Å². The first kappa shape index (κ1) is 12.7. The second kappa shape index (κ2) is 5.65. The van der Waals surface area contributed by atoms with Crippen LogP contribution in [-0.2, 0) is 9.59 Å². The maximum atomic E-state index is 11.6. The lowest BCUT2D eigenvalue weighted by molar-refractivity contribution is -0.141. The molecule has 0 aliphatic carbocycles. The SMILES string of the molecule is C[C@H](NC(=O)C(Br)c1ccccc1)C(=O)O. The largest absolute Gasteiger partial charge is 0.480 e. The zero-order valence-corrected chi connectivity index (χ0v) is 10.3. The summed E-state index contributed by atoms with van der Waals surface area (Å²) in [6, 6.07) is 8.18. The number of hydrogen-bond acceptors (Lipinski definition) is 2. The van der Waals surface area contributed by atoms with E-state index in [1.807, 2.05) is 18.2 Å². The van der Waals surface area contributed by atoms with Crippen molar-refractivity contribution >= 4 is 27.8 Å². The van der Waals surface area contributed by atoms with Crippen LogP contribution in [-0.4, -0.2) is 23.0 Å². The number of carboxylic acids is 1. The maximum absolute atomic E-state index is 11.6. The minimum atomic E-state index is -1.05. The molecule has 1 amide bonds. The fraction of sp³-hybridized carbons (Fsp3) is 0.273. The highest BCUT2D eigenvalue weighted by atomic mass is 79.9. The number of nitrogens with one attached hydrogen (secondary N) is 1. The van der Waals surface area contributed by atoms with Gasteiger partial charge in [-0.2, -0.15) is 0 Å². The molecular weight excluding hydrogens is 274 g/mol. The van der Waals surface area contributed by atoms with Crippen LogP contribution in [0.25, 0.3) is 0 Å². The van der Waals surface area contributed by atoms with Crippen molar-refractivity contribution in [1.29, 1.82) is 0 Å². The third-order valence-electron chi connectivity index (χ3n) is 2.05. The summed E-state index contributed by atoms with van der Waals surface area (Å²) in [5.41, 5.74) is 0.789. The van der Waals surface area contributed by atoms with E-state index in [1.165, 1.54) is 6.92 Å². The first-order valence-electron chi connectivity index (χ1n) is 4.74. The number of aliphatic carboxylic acids is 1. The molecule has 0 bridgehead atoms. The molecule has 0 aliphatic heterocycles. The number of benzene rings is 1. The lowest BCUT2D eigenvalue weighted by Crippen LogP contribution is -2.39. The molecule has 0 saturated heterocycles. The molecule has 0 spiro atoms. The maximum Gasteiger partial charge on any atom is 0.325 e. The standard InChI is InChI=1S/C11H12BrNO3/c1-7(11(15)16)13-10(14)9(12)8-5-3-2-4-6-8/h2-7,9H,1H3,(H,13,14)(H,15,16)/t7-,9?/m0/s1. The molecule has 0 fully saturated rings. The highest BCUT2D eigenvalue weighted by Crippen LogP contribution is 2.22. The first-order valence-corrected chi connectivity index (χ1v) is 5.66. The number of carbonyl (C=O) groups excluding carboxylic acids is 1. The van der Waals surface area contributed by atoms with Gasteiger partial charge in [0.25, 0.3) is 0 Å². The normalized spacial score (nSPS) is 13.9. The minimum Gasteiger partial charge on any atom is -0.480 e. The number of amides is 1. The average molecular weight is 286 g/mol. The molecule has 0 heterocycles. The zero-order chi connectivity index (χ0) is 12.1. The van der Waals surface area contributed by atoms with Gasteiger partial charge in [-0.15, -0.1) is 0 Å². The smallest absolute Gasteiger partial charge is 0.325 e. The van der Waals surface area contributed by atoms with E-state index in [0.717, 1.165) is 5.56 Å². The number of alkyl halides is 1. The molecule has 1 aromatic carbocycles. The van der Waals surface area contributed by atoms with Crippen molar-refractivity contribution < 1.29 is 14.7 Å². The van der Waals surface area contributed by atoms with Crippen LogP contribution in [0.2, 0.25) is 0 Å². The number of carbonyl (C=O) groups is 2. The van der Waals surface area contributed by atoms with Crippen molar-refractivity contribution in [3.8, 4) is 0 Å². The summed E-state index contributed by atoms with van der Waals surface area (Å²) in [4.78, 5) is 21.7. The van der Waals surface area contributed by atoms with Crippen molar-refractivity contribution in [1.82, 2.24) is 5.32 Å². The Hall–Kier alpha value is -1.36. The van der Waals surface area contributed by atoms with Crippen molar-refractivity contribution in [2.75, 3.05) is 0 Å². The van der Waals surface area contributed by atoms with Crippen LogP contribution in [0.15, 0.2) is 30.3 Å². The Labute approximate surface area is 102 Å². The van der Waals surface area contributed by atoms with Crippen molar-refractivity contribution in [2.45, 2.75) is 17.8 Å². The number of halogens is 1. The Morgan fingerprint density at radius 2 is 1.88 bits per heavy atom. The van der Waals surface area contributed by atoms with Gasteiger partial charge < -0.3 is 10.4 Å². The third-order valence-corrected chi connectivity index (χ3v) is 3.00. The van der Waals surface area contributed by atoms with E-state index in [1.54, 1.807) is 12.1 Å². The van der Waals surface area contributed by atoms with Gasteiger partial charge in [-0.25, -0.2) is 0 Å². The van der Waals surface area contributed by atoms with Crippen LogP contribution in [0.3, 0.4) is 0 Å². The Bertz CT molecular complexity index is 380. The van der Waals surface area contributed by atoms with E-state index in [0.29, 0.717) is 0 Å². The third kappa shape index (κ3) is 3.34. The van der Waals surface area contributed by atoms with E-state index in [-0.39, 0.29) is 5.91 Å². The van der Waals surface area contributed by atoms with E-state index < -0.39 is 16.8 Å². The van der Waals surface area contributed by atoms with Crippen LogP contribution in [0.5, 0.6) is 0 Å². The van der Waals surface area contributed by atoms with Gasteiger partial charge in [0.05, 0.1) is 0 Å². The summed E-state index contributed by atoms with van der Waals surface area (Å²) < 4.78 is 0. The molecule has 86 valence electrons. The fourth-order valence-electron chi connectivity index (χ4n) is 1.12. The monoisotopic (exact) mass is 285 g/mol.